The second kappa shape index (κ2) is 4.88. The van der Waals surface area contributed by atoms with Crippen LogP contribution in [0.5, 0.6) is 0 Å². The van der Waals surface area contributed by atoms with Crippen molar-refractivity contribution in [2.75, 3.05) is 0 Å². The summed E-state index contributed by atoms with van der Waals surface area (Å²) in [7, 11) is 0.290. The summed E-state index contributed by atoms with van der Waals surface area (Å²) in [6.07, 6.45) is 1.05. The summed E-state index contributed by atoms with van der Waals surface area (Å²) in [5.41, 5.74) is 1.01. The molecule has 0 aromatic heterocycles. The van der Waals surface area contributed by atoms with Crippen molar-refractivity contribution < 1.29 is 9.90 Å². The minimum atomic E-state index is -1.04. The molecule has 1 aromatic carbocycles. The van der Waals surface area contributed by atoms with Gasteiger partial charge in [0.2, 0.25) is 0 Å². The average Bonchev–Trinajstić information content (AvgIpc) is 2.18. The highest BCUT2D eigenvalue weighted by molar-refractivity contribution is 6.66. The predicted molar refractivity (Wildman–Crippen MR) is 55.5 cm³/mol. The smallest absolute Gasteiger partial charge is 0.311 e. The molecule has 1 rings (SSSR count). The first-order valence-electron chi connectivity index (χ1n) is 4.07. The Labute approximate surface area is 82.7 Å². The van der Waals surface area contributed by atoms with E-state index in [2.05, 4.69) is 4.85 Å². The van der Waals surface area contributed by atoms with Gasteiger partial charge in [0.1, 0.15) is 0 Å². The van der Waals surface area contributed by atoms with Crippen molar-refractivity contribution in [3.05, 3.63) is 53.4 Å². The molecule has 0 saturated heterocycles. The molecule has 0 spiro atoms. The zero-order valence-electron chi connectivity index (χ0n) is 7.47. The lowest BCUT2D eigenvalue weighted by atomic mass is 9.63. The van der Waals surface area contributed by atoms with Gasteiger partial charge in [0.25, 0.3) is 0 Å². The van der Waals surface area contributed by atoms with Crippen LogP contribution in [0.2, 0.25) is 0 Å². The Balaban J connectivity index is 2.82. The summed E-state index contributed by atoms with van der Waals surface area (Å²) >= 11 is 0. The number of hydrogen-bond acceptors (Lipinski definition) is 1. The van der Waals surface area contributed by atoms with Gasteiger partial charge in [-0.1, -0.05) is 35.8 Å². The highest BCUT2D eigenvalue weighted by Crippen LogP contribution is 1.94. The van der Waals surface area contributed by atoms with Crippen LogP contribution in [-0.2, 0) is 4.79 Å². The van der Waals surface area contributed by atoms with Crippen molar-refractivity contribution >= 4 is 18.7 Å². The Hall–Kier alpha value is -2.02. The number of hydrogen-bond donors (Lipinski definition) is 1. The number of rotatable bonds is 3. The lowest BCUT2D eigenvalue weighted by molar-refractivity contribution is -0.131. The molecule has 0 fully saturated rings. The maximum absolute atomic E-state index is 10.7. The zero-order valence-corrected chi connectivity index (χ0v) is 7.47. The van der Waals surface area contributed by atoms with Crippen LogP contribution in [0.25, 0.3) is 4.85 Å². The molecule has 0 heterocycles. The Morgan fingerprint density at radius 1 is 1.43 bits per heavy atom. The largest absolute Gasteiger partial charge is 0.479 e. The van der Waals surface area contributed by atoms with Crippen LogP contribution in [0.1, 0.15) is 0 Å². The van der Waals surface area contributed by atoms with E-state index in [1.165, 1.54) is 0 Å². The van der Waals surface area contributed by atoms with Crippen molar-refractivity contribution in [3.63, 3.8) is 0 Å². The van der Waals surface area contributed by atoms with Crippen LogP contribution < -0.4 is 5.46 Å². The summed E-state index contributed by atoms with van der Waals surface area (Å²) in [6.45, 7) is 6.58. The van der Waals surface area contributed by atoms with E-state index in [-0.39, 0.29) is 5.47 Å². The van der Waals surface area contributed by atoms with Gasteiger partial charge >= 0.3 is 5.97 Å². The van der Waals surface area contributed by atoms with E-state index in [4.69, 9.17) is 11.7 Å². The molecule has 68 valence electrons. The first kappa shape index (κ1) is 10.1. The minimum Gasteiger partial charge on any atom is -0.479 e. The number of carboxylic acid groups (broad SMARTS) is 1. The molecule has 0 atom stereocenters. The van der Waals surface area contributed by atoms with Gasteiger partial charge < -0.3 is 5.11 Å². The normalized spacial score (nSPS) is 10.4. The van der Waals surface area contributed by atoms with Gasteiger partial charge in [0, 0.05) is 5.47 Å². The average molecular weight is 185 g/mol. The van der Waals surface area contributed by atoms with Crippen molar-refractivity contribution in [3.8, 4) is 0 Å². The maximum Gasteiger partial charge on any atom is 0.311 e. The van der Waals surface area contributed by atoms with Gasteiger partial charge in [0.05, 0.1) is 6.57 Å². The Bertz CT molecular complexity index is 392. The van der Waals surface area contributed by atoms with Crippen LogP contribution in [0, 0.1) is 6.57 Å². The van der Waals surface area contributed by atoms with Crippen molar-refractivity contribution in [2.45, 2.75) is 0 Å². The van der Waals surface area contributed by atoms with Gasteiger partial charge in [-0.15, -0.1) is 0 Å². The van der Waals surface area contributed by atoms with E-state index >= 15 is 0 Å². The number of nitrogens with zero attached hydrogens (tertiary/aromatic N) is 1. The lowest BCUT2D eigenvalue weighted by Gasteiger charge is -1.98. The second-order valence-corrected chi connectivity index (χ2v) is 2.75. The van der Waals surface area contributed by atoms with Gasteiger partial charge in [-0.3, -0.25) is 0 Å². The monoisotopic (exact) mass is 185 g/mol. The Morgan fingerprint density at radius 3 is 2.57 bits per heavy atom. The molecule has 0 bridgehead atoms. The Morgan fingerprint density at radius 2 is 2.07 bits per heavy atom. The fourth-order valence-corrected chi connectivity index (χ4v) is 1.07. The van der Waals surface area contributed by atoms with E-state index in [0.29, 0.717) is 7.28 Å². The molecule has 0 aliphatic heterocycles. The summed E-state index contributed by atoms with van der Waals surface area (Å²) in [5.74, 6) is -1.04. The molecule has 1 aromatic rings. The molecule has 0 aliphatic rings. The first-order valence-corrected chi connectivity index (χ1v) is 4.07. The van der Waals surface area contributed by atoms with E-state index in [1.807, 2.05) is 30.3 Å². The SMILES string of the molecule is [C-]#[N+]/C=C(/Bc1ccccc1)C(=O)O. The summed E-state index contributed by atoms with van der Waals surface area (Å²) in [5, 5.41) is 8.75. The molecule has 0 saturated carbocycles. The van der Waals surface area contributed by atoms with Crippen LogP contribution in [-0.4, -0.2) is 18.4 Å². The van der Waals surface area contributed by atoms with E-state index in [0.717, 1.165) is 11.7 Å². The topological polar surface area (TPSA) is 41.7 Å². The number of carboxylic acids is 1. The summed E-state index contributed by atoms with van der Waals surface area (Å²) < 4.78 is 0. The molecule has 3 nitrogen and oxygen atoms in total. The zero-order chi connectivity index (χ0) is 10.4. The van der Waals surface area contributed by atoms with E-state index in [1.54, 1.807) is 0 Å². The maximum atomic E-state index is 10.7. The number of benzene rings is 1. The number of aliphatic carboxylic acids is 1. The third-order valence-electron chi connectivity index (χ3n) is 1.73. The fourth-order valence-electron chi connectivity index (χ4n) is 1.07. The molecule has 14 heavy (non-hydrogen) atoms. The summed E-state index contributed by atoms with van der Waals surface area (Å²) in [6, 6.07) is 9.21. The van der Waals surface area contributed by atoms with Gasteiger partial charge in [-0.05, 0) is 0 Å². The van der Waals surface area contributed by atoms with Crippen molar-refractivity contribution in [1.29, 1.82) is 0 Å². The van der Waals surface area contributed by atoms with Crippen LogP contribution in [0.4, 0.5) is 0 Å². The second-order valence-electron chi connectivity index (χ2n) is 2.75. The van der Waals surface area contributed by atoms with Crippen LogP contribution in [0.3, 0.4) is 0 Å². The number of carbonyl (C=O) groups is 1. The van der Waals surface area contributed by atoms with Crippen LogP contribution >= 0.6 is 0 Å². The van der Waals surface area contributed by atoms with Crippen molar-refractivity contribution in [2.24, 2.45) is 0 Å². The highest BCUT2D eigenvalue weighted by atomic mass is 16.4. The quantitative estimate of drug-likeness (QED) is 0.425. The Kier molecular flexibility index (Phi) is 3.51. The molecule has 0 unspecified atom stereocenters. The molecule has 0 aliphatic carbocycles. The molecular weight excluding hydrogens is 177 g/mol. The molecule has 4 heteroatoms. The third kappa shape index (κ3) is 2.79. The predicted octanol–water partition coefficient (Wildman–Crippen LogP) is 0.594. The third-order valence-corrected chi connectivity index (χ3v) is 1.73. The molecule has 1 N–H and O–H groups in total. The molecule has 0 radical (unpaired) electrons. The highest BCUT2D eigenvalue weighted by Gasteiger charge is 2.08. The first-order chi connectivity index (χ1) is 6.74. The van der Waals surface area contributed by atoms with Gasteiger partial charge in [-0.2, -0.15) is 0 Å². The molecule has 0 amide bonds. The van der Waals surface area contributed by atoms with Crippen LogP contribution in [0.15, 0.2) is 42.0 Å². The lowest BCUT2D eigenvalue weighted by Crippen LogP contribution is -2.20. The fraction of sp³-hybridized carbons (Fsp3) is 0. The minimum absolute atomic E-state index is 0.117. The van der Waals surface area contributed by atoms with Gasteiger partial charge in [-0.25, -0.2) is 9.64 Å². The summed E-state index contributed by atoms with van der Waals surface area (Å²) in [4.78, 5) is 13.6. The van der Waals surface area contributed by atoms with Crippen molar-refractivity contribution in [1.82, 2.24) is 0 Å². The standard InChI is InChI=1S/C10H8BNO2/c1-12-7-9(10(13)14)11-8-5-3-2-4-6-8/h2-7,11H,(H,13,14)/b9-7+. The van der Waals surface area contributed by atoms with E-state index in [9.17, 15) is 4.79 Å². The van der Waals surface area contributed by atoms with Gasteiger partial charge in [0.15, 0.2) is 13.5 Å². The van der Waals surface area contributed by atoms with E-state index < -0.39 is 5.97 Å². The molecular formula is C10H8BNO2.